The highest BCUT2D eigenvalue weighted by atomic mass is 127. The maximum absolute atomic E-state index is 12.7. The molecule has 2 aromatic rings. The van der Waals surface area contributed by atoms with Crippen molar-refractivity contribution in [1.82, 2.24) is 4.90 Å². The molecular formula is C26H23F9I6N2O6S. The first-order valence-corrected chi connectivity index (χ1v) is 20.9. The summed E-state index contributed by atoms with van der Waals surface area (Å²) in [5.74, 6) is -15.1. The molecule has 0 aromatic heterocycles. The fourth-order valence-electron chi connectivity index (χ4n) is 3.39. The number of hydrogen-bond acceptors (Lipinski definition) is 7. The van der Waals surface area contributed by atoms with Gasteiger partial charge in [0.05, 0.1) is 11.1 Å². The van der Waals surface area contributed by atoms with Crippen molar-refractivity contribution in [3.8, 4) is 0 Å². The van der Waals surface area contributed by atoms with E-state index in [9.17, 15) is 57.5 Å². The van der Waals surface area contributed by atoms with E-state index in [2.05, 4.69) is 166 Å². The van der Waals surface area contributed by atoms with Crippen molar-refractivity contribution in [1.29, 1.82) is 0 Å². The topological polar surface area (TPSA) is 116 Å². The summed E-state index contributed by atoms with van der Waals surface area (Å²) < 4.78 is 144. The Labute approximate surface area is 362 Å². The van der Waals surface area contributed by atoms with E-state index in [1.54, 1.807) is 0 Å². The molecule has 0 bridgehead atoms. The molecule has 0 saturated carbocycles. The minimum Gasteiger partial charge on any atom is -0.461 e. The van der Waals surface area contributed by atoms with E-state index in [-0.39, 0.29) is 30.7 Å². The second kappa shape index (κ2) is 18.8. The number of alkyl halides is 9. The molecule has 0 fully saturated rings. The van der Waals surface area contributed by atoms with E-state index in [0.29, 0.717) is 24.2 Å². The van der Waals surface area contributed by atoms with E-state index in [4.69, 9.17) is 9.47 Å². The van der Waals surface area contributed by atoms with Crippen molar-refractivity contribution < 1.29 is 67.0 Å². The summed E-state index contributed by atoms with van der Waals surface area (Å²) in [6.07, 6.45) is -7.08. The number of hydrogen-bond donors (Lipinski definition) is 1. The van der Waals surface area contributed by atoms with Crippen LogP contribution in [0, 0.1) is 21.4 Å². The Kier molecular flexibility index (Phi) is 18.4. The van der Waals surface area contributed by atoms with Crippen molar-refractivity contribution in [3.05, 3.63) is 56.8 Å². The predicted octanol–water partition coefficient (Wildman–Crippen LogP) is 9.13. The molecule has 0 atom stereocenters. The molecule has 0 radical (unpaired) electrons. The summed E-state index contributed by atoms with van der Waals surface area (Å²) in [5, 5.41) is -3.30. The molecule has 284 valence electrons. The van der Waals surface area contributed by atoms with Crippen molar-refractivity contribution in [2.75, 3.05) is 26.3 Å². The van der Waals surface area contributed by atoms with E-state index >= 15 is 0 Å². The smallest absolute Gasteiger partial charge is 0.460 e. The minimum atomic E-state index is -7.27. The summed E-state index contributed by atoms with van der Waals surface area (Å²) in [7, 11) is -6.67. The number of carbonyl (C=O) groups excluding carboxylic acids is 2. The zero-order valence-electron chi connectivity index (χ0n) is 25.2. The maximum Gasteiger partial charge on any atom is 0.460 e. The summed E-state index contributed by atoms with van der Waals surface area (Å²) in [6, 6.07) is 7.79. The van der Waals surface area contributed by atoms with Gasteiger partial charge in [-0.15, -0.1) is 0 Å². The van der Waals surface area contributed by atoms with Gasteiger partial charge in [-0.1, -0.05) is 0 Å². The highest BCUT2D eigenvalue weighted by Crippen LogP contribution is 2.54. The van der Waals surface area contributed by atoms with Crippen LogP contribution < -0.4 is 5.14 Å². The molecule has 0 saturated heterocycles. The molecule has 8 nitrogen and oxygen atoms in total. The van der Waals surface area contributed by atoms with Gasteiger partial charge in [-0.2, -0.15) is 39.5 Å². The van der Waals surface area contributed by atoms with Gasteiger partial charge in [-0.05, 0) is 181 Å². The van der Waals surface area contributed by atoms with Crippen LogP contribution in [-0.4, -0.2) is 80.4 Å². The summed E-state index contributed by atoms with van der Waals surface area (Å²) in [5.41, 5.74) is 1.03. The first kappa shape index (κ1) is 49.0. The first-order valence-electron chi connectivity index (χ1n) is 12.9. The van der Waals surface area contributed by atoms with Gasteiger partial charge in [0.1, 0.15) is 13.2 Å². The lowest BCUT2D eigenvalue weighted by atomic mass is 10.1. The summed E-state index contributed by atoms with van der Waals surface area (Å²) >= 11 is 13.2. The third-order valence-electron chi connectivity index (χ3n) is 6.07. The number of esters is 2. The van der Waals surface area contributed by atoms with Crippen molar-refractivity contribution in [3.63, 3.8) is 0 Å². The van der Waals surface area contributed by atoms with Gasteiger partial charge < -0.3 is 9.47 Å². The van der Waals surface area contributed by atoms with Gasteiger partial charge in [-0.3, -0.25) is 4.90 Å². The third kappa shape index (κ3) is 12.2. The number of halogens is 15. The molecule has 0 aliphatic rings. The molecule has 2 rings (SSSR count). The Balaban J connectivity index is 0.000000621. The van der Waals surface area contributed by atoms with Crippen molar-refractivity contribution in [2.24, 2.45) is 5.14 Å². The molecule has 0 unspecified atom stereocenters. The monoisotopic (exact) mass is 1420 g/mol. The lowest BCUT2D eigenvalue weighted by Gasteiger charge is -2.35. The molecular weight excluding hydrogens is 1400 g/mol. The summed E-state index contributed by atoms with van der Waals surface area (Å²) in [6.45, 7) is 7.88. The van der Waals surface area contributed by atoms with E-state index in [1.165, 1.54) is 0 Å². The van der Waals surface area contributed by atoms with E-state index in [0.717, 1.165) is 21.4 Å². The molecule has 0 spiro atoms. The zero-order valence-corrected chi connectivity index (χ0v) is 39.0. The van der Waals surface area contributed by atoms with Gasteiger partial charge in [0, 0.05) is 40.0 Å². The van der Waals surface area contributed by atoms with Crippen LogP contribution in [0.2, 0.25) is 0 Å². The number of ether oxygens (including phenoxy) is 2. The van der Waals surface area contributed by atoms with Crippen LogP contribution in [0.4, 0.5) is 39.5 Å². The van der Waals surface area contributed by atoms with Crippen molar-refractivity contribution >= 4 is 158 Å². The number of nitrogens with two attached hydrogens (primary N) is 1. The lowest BCUT2D eigenvalue weighted by Crippen LogP contribution is -2.64. The van der Waals surface area contributed by atoms with Crippen molar-refractivity contribution in [2.45, 2.75) is 49.6 Å². The summed E-state index contributed by atoms with van der Waals surface area (Å²) in [4.78, 5) is 27.5. The quantitative estimate of drug-likeness (QED) is 0.103. The Morgan fingerprint density at radius 1 is 0.720 bits per heavy atom. The van der Waals surface area contributed by atoms with Gasteiger partial charge >= 0.3 is 35.2 Å². The number of sulfonamides is 1. The van der Waals surface area contributed by atoms with Crippen LogP contribution in [0.1, 0.15) is 41.5 Å². The number of primary sulfonamides is 1. The van der Waals surface area contributed by atoms with Crippen LogP contribution >= 0.6 is 136 Å². The molecule has 50 heavy (non-hydrogen) atoms. The van der Waals surface area contributed by atoms with Gasteiger partial charge in [-0.25, -0.2) is 23.1 Å². The van der Waals surface area contributed by atoms with Gasteiger partial charge in [0.25, 0.3) is 10.0 Å². The van der Waals surface area contributed by atoms with Gasteiger partial charge in [0.15, 0.2) is 0 Å². The first-order chi connectivity index (χ1) is 22.3. The molecule has 0 amide bonds. The van der Waals surface area contributed by atoms with Crippen LogP contribution in [0.25, 0.3) is 0 Å². The second-order valence-corrected chi connectivity index (χ2v) is 19.1. The standard InChI is InChI=1S/C22H21I6NO4.C4H2F9NO2S/c1-22(2,3)29(6-8-32-20(30)13-10-12(23)11-16(26)18(13)27)7-9-33-21(31)17-14(24)4-5-15(25)19(17)28;5-1(6,3(9,10)11)2(7,8)4(12,13)17(14,15)16/h4-5,10-11H,6-9H2,1-3H3;(H2,14,15,16). The largest absolute Gasteiger partial charge is 0.461 e. The van der Waals surface area contributed by atoms with Crippen LogP contribution in [0.5, 0.6) is 0 Å². The minimum absolute atomic E-state index is 0.171. The fraction of sp³-hybridized carbons (Fsp3) is 0.462. The molecule has 0 aliphatic carbocycles. The molecule has 24 heteroatoms. The predicted molar refractivity (Wildman–Crippen MR) is 215 cm³/mol. The van der Waals surface area contributed by atoms with Crippen LogP contribution in [-0.2, 0) is 19.5 Å². The second-order valence-electron chi connectivity index (χ2n) is 10.6. The van der Waals surface area contributed by atoms with E-state index in [1.807, 2.05) is 24.3 Å². The average molecular weight is 1420 g/mol. The Hall–Kier alpha value is 1.000. The van der Waals surface area contributed by atoms with E-state index < -0.39 is 33.3 Å². The number of rotatable bonds is 11. The molecule has 0 aliphatic heterocycles. The normalized spacial score (nSPS) is 13.1. The molecule has 2 aromatic carbocycles. The Morgan fingerprint density at radius 2 is 1.18 bits per heavy atom. The Morgan fingerprint density at radius 3 is 1.62 bits per heavy atom. The van der Waals surface area contributed by atoms with Crippen LogP contribution in [0.3, 0.4) is 0 Å². The highest BCUT2D eigenvalue weighted by Gasteiger charge is 2.85. The van der Waals surface area contributed by atoms with Gasteiger partial charge in [0.2, 0.25) is 0 Å². The molecule has 2 N–H and O–H groups in total. The SMILES string of the molecule is CC(C)(C)N(CCOC(=O)c1cc(I)cc(I)c1I)CCOC(=O)c1c(I)ccc(I)c1I.NS(=O)(=O)C(F)(F)C(F)(F)C(F)(F)C(F)(F)F. The zero-order chi connectivity index (χ0) is 39.4. The number of benzene rings is 2. The highest BCUT2D eigenvalue weighted by molar-refractivity contribution is 14.1. The maximum atomic E-state index is 12.7. The lowest BCUT2D eigenvalue weighted by molar-refractivity contribution is -0.382. The van der Waals surface area contributed by atoms with Crippen LogP contribution in [0.15, 0.2) is 24.3 Å². The number of nitrogens with zero attached hydrogens (tertiary/aromatic N) is 1. The average Bonchev–Trinajstić information content (AvgIpc) is 2.94. The third-order valence-corrected chi connectivity index (χ3v) is 14.7. The molecule has 0 heterocycles. The number of carbonyl (C=O) groups is 2. The fourth-order valence-corrected chi connectivity index (χ4v) is 8.58. The Bertz CT molecular complexity index is 1680.